The summed E-state index contributed by atoms with van der Waals surface area (Å²) < 4.78 is 43.2. The van der Waals surface area contributed by atoms with Gasteiger partial charge in [-0.2, -0.15) is 18.3 Å². The summed E-state index contributed by atoms with van der Waals surface area (Å²) >= 11 is 0. The molecule has 1 unspecified atom stereocenters. The van der Waals surface area contributed by atoms with Crippen LogP contribution in [0.2, 0.25) is 0 Å². The number of carboxylic acids is 1. The van der Waals surface area contributed by atoms with Gasteiger partial charge in [0.05, 0.1) is 24.2 Å². The van der Waals surface area contributed by atoms with Crippen LogP contribution < -0.4 is 5.32 Å². The molecule has 0 saturated carbocycles. The van der Waals surface area contributed by atoms with Crippen LogP contribution in [0.3, 0.4) is 0 Å². The number of anilines is 2. The van der Waals surface area contributed by atoms with E-state index >= 15 is 0 Å². The minimum atomic E-state index is -4.53. The van der Waals surface area contributed by atoms with Crippen molar-refractivity contribution in [1.29, 1.82) is 0 Å². The summed E-state index contributed by atoms with van der Waals surface area (Å²) in [6.45, 7) is 2.18. The normalized spacial score (nSPS) is 12.4. The molecule has 1 atom stereocenters. The van der Waals surface area contributed by atoms with Crippen LogP contribution in [0.25, 0.3) is 22.2 Å². The van der Waals surface area contributed by atoms with Crippen LogP contribution in [0, 0.1) is 0 Å². The molecule has 0 aliphatic carbocycles. The average Bonchev–Trinajstić information content (AvgIpc) is 3.26. The Hall–Kier alpha value is -4.59. The molecular weight excluding hydrogens is 503 g/mol. The first kappa shape index (κ1) is 26.0. The van der Waals surface area contributed by atoms with E-state index in [0.29, 0.717) is 17.6 Å². The number of aliphatic carboxylic acids is 1. The zero-order chi connectivity index (χ0) is 27.6. The number of halogens is 3. The molecule has 39 heavy (non-hydrogen) atoms. The van der Waals surface area contributed by atoms with Gasteiger partial charge < -0.3 is 10.4 Å². The van der Waals surface area contributed by atoms with E-state index in [1.807, 2.05) is 85.8 Å². The van der Waals surface area contributed by atoms with Crippen molar-refractivity contribution in [1.82, 2.24) is 9.78 Å². The van der Waals surface area contributed by atoms with Crippen LogP contribution in [-0.4, -0.2) is 20.9 Å². The Bertz CT molecular complexity index is 1610. The van der Waals surface area contributed by atoms with E-state index in [-0.39, 0.29) is 17.9 Å². The minimum Gasteiger partial charge on any atom is -0.481 e. The van der Waals surface area contributed by atoms with Crippen molar-refractivity contribution in [3.8, 4) is 11.3 Å². The number of hydrogen-bond acceptors (Lipinski definition) is 3. The second-order valence-corrected chi connectivity index (χ2v) is 9.52. The van der Waals surface area contributed by atoms with Crippen LogP contribution in [0.5, 0.6) is 0 Å². The van der Waals surface area contributed by atoms with Crippen molar-refractivity contribution in [3.05, 3.63) is 114 Å². The highest BCUT2D eigenvalue weighted by Crippen LogP contribution is 2.38. The predicted octanol–water partition coefficient (Wildman–Crippen LogP) is 8.09. The fourth-order valence-electron chi connectivity index (χ4n) is 4.74. The molecule has 5 aromatic rings. The van der Waals surface area contributed by atoms with Crippen LogP contribution in [0.15, 0.2) is 97.1 Å². The number of carbonyl (C=O) groups is 1. The van der Waals surface area contributed by atoms with Gasteiger partial charge in [0, 0.05) is 22.3 Å². The van der Waals surface area contributed by atoms with Crippen LogP contribution in [-0.2, 0) is 17.5 Å². The number of carboxylic acid groups (broad SMARTS) is 1. The standard InChI is InChI=1S/C31H26F3N3O2/c1-20(17-28(38)39)22-13-15-24(16-14-22)35-25-10-5-9-23(18-25)30-26-11-6-12-27(31(32,33)34)29(26)36-37(30)19-21-7-3-2-4-8-21/h2-16,18,20,35H,17,19H2,1H3,(H,38,39). The molecule has 8 heteroatoms. The summed E-state index contributed by atoms with van der Waals surface area (Å²) in [7, 11) is 0. The third kappa shape index (κ3) is 5.80. The molecule has 2 N–H and O–H groups in total. The third-order valence-electron chi connectivity index (χ3n) is 6.64. The molecule has 0 radical (unpaired) electrons. The number of hydrogen-bond donors (Lipinski definition) is 2. The molecule has 0 aliphatic heterocycles. The van der Waals surface area contributed by atoms with Crippen LogP contribution in [0.4, 0.5) is 24.5 Å². The fourth-order valence-corrected chi connectivity index (χ4v) is 4.74. The lowest BCUT2D eigenvalue weighted by atomic mass is 9.98. The van der Waals surface area contributed by atoms with E-state index in [0.717, 1.165) is 34.1 Å². The molecule has 5 nitrogen and oxygen atoms in total. The van der Waals surface area contributed by atoms with Crippen molar-refractivity contribution in [2.75, 3.05) is 5.32 Å². The summed E-state index contributed by atoms with van der Waals surface area (Å²) in [6, 6.07) is 28.7. The topological polar surface area (TPSA) is 67.2 Å². The summed E-state index contributed by atoms with van der Waals surface area (Å²) in [5, 5.41) is 17.3. The van der Waals surface area contributed by atoms with Crippen molar-refractivity contribution in [3.63, 3.8) is 0 Å². The van der Waals surface area contributed by atoms with Crippen molar-refractivity contribution in [2.45, 2.75) is 32.0 Å². The van der Waals surface area contributed by atoms with Crippen molar-refractivity contribution in [2.24, 2.45) is 0 Å². The largest absolute Gasteiger partial charge is 0.481 e. The van der Waals surface area contributed by atoms with Gasteiger partial charge in [-0.05, 0) is 47.4 Å². The van der Waals surface area contributed by atoms with Gasteiger partial charge in [0.15, 0.2) is 0 Å². The molecule has 0 spiro atoms. The maximum atomic E-state index is 13.8. The molecule has 0 aliphatic rings. The summed E-state index contributed by atoms with van der Waals surface area (Å²) in [4.78, 5) is 11.0. The lowest BCUT2D eigenvalue weighted by Gasteiger charge is -2.13. The molecule has 0 fully saturated rings. The van der Waals surface area contributed by atoms with E-state index in [2.05, 4.69) is 10.4 Å². The third-order valence-corrected chi connectivity index (χ3v) is 6.64. The maximum Gasteiger partial charge on any atom is 0.418 e. The number of nitrogens with zero attached hydrogens (tertiary/aromatic N) is 2. The van der Waals surface area contributed by atoms with Gasteiger partial charge >= 0.3 is 12.1 Å². The van der Waals surface area contributed by atoms with Crippen molar-refractivity contribution >= 4 is 28.2 Å². The number of benzene rings is 4. The second-order valence-electron chi connectivity index (χ2n) is 9.52. The maximum absolute atomic E-state index is 13.8. The Morgan fingerprint density at radius 1 is 0.923 bits per heavy atom. The number of fused-ring (bicyclic) bond motifs is 1. The van der Waals surface area contributed by atoms with Gasteiger partial charge in [-0.1, -0.05) is 73.7 Å². The quantitative estimate of drug-likeness (QED) is 0.213. The average molecular weight is 530 g/mol. The fraction of sp³-hybridized carbons (Fsp3) is 0.161. The van der Waals surface area contributed by atoms with Crippen LogP contribution in [0.1, 0.15) is 36.0 Å². The summed E-state index contributed by atoms with van der Waals surface area (Å²) in [6.07, 6.45) is -4.48. The molecule has 198 valence electrons. The Morgan fingerprint density at radius 3 is 2.33 bits per heavy atom. The molecule has 5 rings (SSSR count). The first-order valence-electron chi connectivity index (χ1n) is 12.5. The van der Waals surface area contributed by atoms with Gasteiger partial charge in [-0.25, -0.2) is 0 Å². The SMILES string of the molecule is CC(CC(=O)O)c1ccc(Nc2cccc(-c3c4cccc(C(F)(F)F)c4nn3Cc3ccccc3)c2)cc1. The number of rotatable bonds is 8. The van der Waals surface area contributed by atoms with E-state index in [9.17, 15) is 18.0 Å². The highest BCUT2D eigenvalue weighted by Gasteiger charge is 2.34. The first-order chi connectivity index (χ1) is 18.7. The van der Waals surface area contributed by atoms with Gasteiger partial charge in [0.2, 0.25) is 0 Å². The number of alkyl halides is 3. The molecular formula is C31H26F3N3O2. The molecule has 0 bridgehead atoms. The van der Waals surface area contributed by atoms with E-state index in [1.165, 1.54) is 6.07 Å². The van der Waals surface area contributed by atoms with Gasteiger partial charge in [-0.15, -0.1) is 0 Å². The van der Waals surface area contributed by atoms with Crippen molar-refractivity contribution < 1.29 is 23.1 Å². The Labute approximate surface area is 223 Å². The van der Waals surface area contributed by atoms with Gasteiger partial charge in [-0.3, -0.25) is 9.48 Å². The molecule has 1 heterocycles. The summed E-state index contributed by atoms with van der Waals surface area (Å²) in [5.41, 5.74) is 3.89. The Balaban J connectivity index is 1.52. The molecule has 0 saturated heterocycles. The number of nitrogens with one attached hydrogen (secondary N) is 1. The summed E-state index contributed by atoms with van der Waals surface area (Å²) in [5.74, 6) is -0.956. The lowest BCUT2D eigenvalue weighted by Crippen LogP contribution is -2.06. The highest BCUT2D eigenvalue weighted by atomic mass is 19.4. The Morgan fingerprint density at radius 2 is 1.64 bits per heavy atom. The van der Waals surface area contributed by atoms with Crippen LogP contribution >= 0.6 is 0 Å². The van der Waals surface area contributed by atoms with E-state index < -0.39 is 17.7 Å². The zero-order valence-corrected chi connectivity index (χ0v) is 21.1. The molecule has 4 aromatic carbocycles. The number of aromatic nitrogens is 2. The zero-order valence-electron chi connectivity index (χ0n) is 21.1. The van der Waals surface area contributed by atoms with E-state index in [1.54, 1.807) is 10.7 Å². The molecule has 1 aromatic heterocycles. The van der Waals surface area contributed by atoms with Gasteiger partial charge in [0.1, 0.15) is 5.52 Å². The second kappa shape index (κ2) is 10.6. The highest BCUT2D eigenvalue weighted by molar-refractivity contribution is 5.96. The monoisotopic (exact) mass is 529 g/mol. The Kier molecular flexibility index (Phi) is 7.11. The van der Waals surface area contributed by atoms with E-state index in [4.69, 9.17) is 5.11 Å². The molecule has 0 amide bonds. The minimum absolute atomic E-state index is 0.0511. The lowest BCUT2D eigenvalue weighted by molar-refractivity contribution is -0.137. The predicted molar refractivity (Wildman–Crippen MR) is 146 cm³/mol. The van der Waals surface area contributed by atoms with Gasteiger partial charge in [0.25, 0.3) is 0 Å². The smallest absolute Gasteiger partial charge is 0.418 e. The first-order valence-corrected chi connectivity index (χ1v) is 12.5.